The third-order valence-corrected chi connectivity index (χ3v) is 25.6. The maximum absolute atomic E-state index is 14.1. The number of ether oxygens (including phenoxy) is 5. The first-order chi connectivity index (χ1) is 27.9. The molecule has 1 aromatic rings. The van der Waals surface area contributed by atoms with E-state index in [4.69, 9.17) is 32.5 Å². The minimum Gasteiger partial charge on any atom is -0.414 e. The lowest BCUT2D eigenvalue weighted by Gasteiger charge is -2.42. The van der Waals surface area contributed by atoms with Crippen LogP contribution in [0.25, 0.3) is 0 Å². The fourth-order valence-corrected chi connectivity index (χ4v) is 12.7. The molecule has 0 N–H and O–H groups in total. The van der Waals surface area contributed by atoms with E-state index in [0.717, 1.165) is 61.7 Å². The highest BCUT2D eigenvalue weighted by atomic mass is 32.2. The maximum Gasteiger partial charge on any atom is 0.192 e. The predicted octanol–water partition coefficient (Wildman–Crippen LogP) is 11.0. The van der Waals surface area contributed by atoms with Gasteiger partial charge in [-0.3, -0.25) is 0 Å². The van der Waals surface area contributed by atoms with Gasteiger partial charge in [-0.15, -0.1) is 0 Å². The average Bonchev–Trinajstić information content (AvgIpc) is 3.90. The fraction of sp³-hybridized carbons (Fsp3) is 0.792. The molecule has 0 saturated carbocycles. The van der Waals surface area contributed by atoms with Crippen LogP contribution in [-0.2, 0) is 48.8 Å². The summed E-state index contributed by atoms with van der Waals surface area (Å²) in [7, 11) is -7.82. The van der Waals surface area contributed by atoms with Gasteiger partial charge in [0.15, 0.2) is 32.8 Å². The lowest BCUT2D eigenvalue weighted by Crippen LogP contribution is -2.48. The lowest BCUT2D eigenvalue weighted by atomic mass is 9.83. The molecular weight excluding hydrogens is 809 g/mol. The molecule has 0 aromatic heterocycles. The minimum absolute atomic E-state index is 0.0184. The number of aryl methyl sites for hydroxylation is 1. The van der Waals surface area contributed by atoms with Crippen molar-refractivity contribution in [3.63, 3.8) is 0 Å². The molecule has 342 valence electrons. The van der Waals surface area contributed by atoms with E-state index >= 15 is 0 Å². The van der Waals surface area contributed by atoms with Gasteiger partial charge >= 0.3 is 0 Å². The third kappa shape index (κ3) is 13.2. The van der Waals surface area contributed by atoms with Crippen molar-refractivity contribution in [2.24, 2.45) is 11.8 Å². The summed E-state index contributed by atoms with van der Waals surface area (Å²) < 4.78 is 73.9. The normalized spacial score (nSPS) is 29.5. The molecule has 9 nitrogen and oxygen atoms in total. The van der Waals surface area contributed by atoms with Gasteiger partial charge in [0, 0.05) is 25.2 Å². The zero-order valence-electron chi connectivity index (χ0n) is 39.5. The number of benzene rings is 1. The van der Waals surface area contributed by atoms with E-state index in [1.54, 1.807) is 12.1 Å². The smallest absolute Gasteiger partial charge is 0.192 e. The van der Waals surface area contributed by atoms with Gasteiger partial charge in [0.2, 0.25) is 0 Å². The van der Waals surface area contributed by atoms with Crippen molar-refractivity contribution in [2.45, 2.75) is 210 Å². The minimum atomic E-state index is -3.58. The standard InChI is InChI=1S/C48H82O9SSi2/c1-15-36-16-20-42(21-17-36)58(49,50)32-37-28-40(29-41(57-60(13,14)48(8,9)10)31-53-59(11,12)47(5,6)7)56-45(37)30-44-35(4)33(2)26-38(55-44)18-22-43-34(3)27-39(54-43)19-23-46-51-24-25-52-46/h16-17,20-21,33,37-41,43-46H,3-4,15,18-19,22-32H2,1-2,5-14H3/t33?,37-,38-,39-,40-,41-,43-,44+,45-/m0/s1. The van der Waals surface area contributed by atoms with Crippen LogP contribution in [0.3, 0.4) is 0 Å². The quantitative estimate of drug-likeness (QED) is 0.0993. The molecule has 5 rings (SSSR count). The first-order valence-electron chi connectivity index (χ1n) is 23.1. The van der Waals surface area contributed by atoms with Crippen molar-refractivity contribution < 1.29 is 41.0 Å². The molecule has 0 bridgehead atoms. The van der Waals surface area contributed by atoms with Gasteiger partial charge in [-0.2, -0.15) is 0 Å². The Morgan fingerprint density at radius 2 is 1.42 bits per heavy atom. The van der Waals surface area contributed by atoms with E-state index in [-0.39, 0.29) is 76.7 Å². The molecule has 9 atom stereocenters. The molecular formula is C48H82O9SSi2. The van der Waals surface area contributed by atoms with Crippen LogP contribution < -0.4 is 0 Å². The van der Waals surface area contributed by atoms with Gasteiger partial charge in [-0.25, -0.2) is 8.42 Å². The summed E-state index contributed by atoms with van der Waals surface area (Å²) in [6, 6.07) is 7.38. The Kier molecular flexibility index (Phi) is 16.9. The van der Waals surface area contributed by atoms with E-state index in [1.165, 1.54) is 0 Å². The summed E-state index contributed by atoms with van der Waals surface area (Å²) in [5.41, 5.74) is 3.34. The fourth-order valence-electron chi connectivity index (χ4n) is 8.66. The molecule has 1 unspecified atom stereocenters. The second-order valence-corrected chi connectivity index (χ2v) is 33.1. The van der Waals surface area contributed by atoms with Crippen LogP contribution in [0.5, 0.6) is 0 Å². The Bertz CT molecular complexity index is 1680. The highest BCUT2D eigenvalue weighted by Crippen LogP contribution is 2.43. The Balaban J connectivity index is 1.30. The van der Waals surface area contributed by atoms with Crippen LogP contribution in [0.15, 0.2) is 53.5 Å². The largest absolute Gasteiger partial charge is 0.414 e. The Labute approximate surface area is 367 Å². The van der Waals surface area contributed by atoms with Crippen molar-refractivity contribution in [1.29, 1.82) is 0 Å². The summed E-state index contributed by atoms with van der Waals surface area (Å²) >= 11 is 0. The molecule has 0 radical (unpaired) electrons. The molecule has 4 aliphatic heterocycles. The van der Waals surface area contributed by atoms with E-state index < -0.39 is 26.5 Å². The van der Waals surface area contributed by atoms with Crippen LogP contribution in [0.2, 0.25) is 36.3 Å². The summed E-state index contributed by atoms with van der Waals surface area (Å²) in [5, 5.41) is 0.0896. The van der Waals surface area contributed by atoms with Crippen LogP contribution >= 0.6 is 0 Å². The Morgan fingerprint density at radius 3 is 2.03 bits per heavy atom. The highest BCUT2D eigenvalue weighted by Gasteiger charge is 2.46. The molecule has 0 spiro atoms. The van der Waals surface area contributed by atoms with Gasteiger partial charge in [-0.05, 0) is 116 Å². The van der Waals surface area contributed by atoms with Gasteiger partial charge in [-0.1, -0.05) is 80.7 Å². The van der Waals surface area contributed by atoms with Crippen LogP contribution in [0.1, 0.15) is 119 Å². The number of hydrogen-bond acceptors (Lipinski definition) is 9. The van der Waals surface area contributed by atoms with E-state index in [9.17, 15) is 8.42 Å². The van der Waals surface area contributed by atoms with Crippen molar-refractivity contribution in [1.82, 2.24) is 0 Å². The number of hydrogen-bond donors (Lipinski definition) is 0. The van der Waals surface area contributed by atoms with Gasteiger partial charge in [0.05, 0.1) is 73.2 Å². The van der Waals surface area contributed by atoms with Crippen molar-refractivity contribution >= 4 is 26.5 Å². The topological polar surface area (TPSA) is 98.8 Å². The lowest BCUT2D eigenvalue weighted by molar-refractivity contribution is -0.0766. The molecule has 4 fully saturated rings. The van der Waals surface area contributed by atoms with Gasteiger partial charge < -0.3 is 32.5 Å². The van der Waals surface area contributed by atoms with Crippen LogP contribution in [0.4, 0.5) is 0 Å². The van der Waals surface area contributed by atoms with Crippen molar-refractivity contribution in [3.05, 3.63) is 54.1 Å². The first-order valence-corrected chi connectivity index (χ1v) is 30.5. The summed E-state index contributed by atoms with van der Waals surface area (Å²) in [4.78, 5) is 0.369. The zero-order chi connectivity index (χ0) is 44.3. The summed E-state index contributed by atoms with van der Waals surface area (Å²) in [5.74, 6) is 0.0831. The first kappa shape index (κ1) is 49.8. The van der Waals surface area contributed by atoms with E-state index in [2.05, 4.69) is 94.7 Å². The van der Waals surface area contributed by atoms with E-state index in [0.29, 0.717) is 44.0 Å². The summed E-state index contributed by atoms with van der Waals surface area (Å²) in [6.07, 6.45) is 7.13. The zero-order valence-corrected chi connectivity index (χ0v) is 42.3. The molecule has 4 saturated heterocycles. The van der Waals surface area contributed by atoms with Crippen molar-refractivity contribution in [3.8, 4) is 0 Å². The van der Waals surface area contributed by atoms with Gasteiger partial charge in [0.25, 0.3) is 0 Å². The van der Waals surface area contributed by atoms with E-state index in [1.807, 2.05) is 12.1 Å². The second-order valence-electron chi connectivity index (χ2n) is 21.5. The Morgan fingerprint density at radius 1 is 0.800 bits per heavy atom. The third-order valence-electron chi connectivity index (χ3n) is 14.7. The molecule has 1 aromatic carbocycles. The monoisotopic (exact) mass is 891 g/mol. The number of rotatable bonds is 19. The summed E-state index contributed by atoms with van der Waals surface area (Å²) in [6.45, 7) is 37.8. The average molecular weight is 891 g/mol. The second kappa shape index (κ2) is 20.3. The van der Waals surface area contributed by atoms with Crippen LogP contribution in [0, 0.1) is 11.8 Å². The SMILES string of the molecule is C=C1C[C@H](CCC2OCCO2)O[C@H]1CC[C@H]1CC(C)C(=C)[C@@H](C[C@@H]2O[C@H](C[C@@H](CO[Si](C)(C)C(C)(C)C)O[Si](C)(C)C(C)(C)C)C[C@H]2CS(=O)(=O)c2ccc(CC)cc2)O1. The predicted molar refractivity (Wildman–Crippen MR) is 247 cm³/mol. The number of sulfone groups is 1. The molecule has 0 amide bonds. The molecule has 0 aliphatic carbocycles. The molecule has 4 aliphatic rings. The highest BCUT2D eigenvalue weighted by molar-refractivity contribution is 7.91. The van der Waals surface area contributed by atoms with Crippen LogP contribution in [-0.4, -0.2) is 99.6 Å². The molecule has 12 heteroatoms. The molecule has 4 heterocycles. The maximum atomic E-state index is 14.1. The van der Waals surface area contributed by atoms with Gasteiger partial charge in [0.1, 0.15) is 0 Å². The molecule has 60 heavy (non-hydrogen) atoms. The Hall–Kier alpha value is -1.20. The van der Waals surface area contributed by atoms with Crippen molar-refractivity contribution in [2.75, 3.05) is 25.6 Å².